The van der Waals surface area contributed by atoms with Gasteiger partial charge >= 0.3 is 5.97 Å². The van der Waals surface area contributed by atoms with Crippen molar-refractivity contribution in [2.24, 2.45) is 28.9 Å². The molecule has 0 radical (unpaired) electrons. The molecule has 0 aromatic rings. The monoisotopic (exact) mass is 299 g/mol. The molecular weight excluding hydrogens is 262 g/mol. The van der Waals surface area contributed by atoms with Crippen LogP contribution in [0.5, 0.6) is 0 Å². The van der Waals surface area contributed by atoms with E-state index in [1.54, 1.807) is 0 Å². The fourth-order valence-electron chi connectivity index (χ4n) is 3.70. The second-order valence-corrected chi connectivity index (χ2v) is 7.17. The molecular formula is C18H37NO2. The minimum absolute atomic E-state index is 0.107. The van der Waals surface area contributed by atoms with Gasteiger partial charge in [0.2, 0.25) is 0 Å². The number of carboxylic acid groups (broad SMARTS) is 1. The van der Waals surface area contributed by atoms with Crippen LogP contribution in [0.3, 0.4) is 0 Å². The summed E-state index contributed by atoms with van der Waals surface area (Å²) in [5.41, 5.74) is 5.45. The van der Waals surface area contributed by atoms with Crippen LogP contribution in [0, 0.1) is 23.2 Å². The number of carboxylic acids is 1. The van der Waals surface area contributed by atoms with Crippen molar-refractivity contribution in [1.82, 2.24) is 0 Å². The topological polar surface area (TPSA) is 63.3 Å². The van der Waals surface area contributed by atoms with E-state index in [1.165, 1.54) is 19.3 Å². The average Bonchev–Trinajstić information content (AvgIpc) is 2.45. The van der Waals surface area contributed by atoms with Gasteiger partial charge in [0.05, 0.1) is 5.92 Å². The zero-order valence-electron chi connectivity index (χ0n) is 14.8. The smallest absolute Gasteiger partial charge is 0.306 e. The lowest BCUT2D eigenvalue weighted by atomic mass is 9.59. The van der Waals surface area contributed by atoms with Crippen LogP contribution in [0.15, 0.2) is 0 Å². The molecule has 0 aliphatic heterocycles. The summed E-state index contributed by atoms with van der Waals surface area (Å²) in [5.74, 6) is 0.657. The molecule has 3 heteroatoms. The van der Waals surface area contributed by atoms with Crippen molar-refractivity contribution >= 4 is 5.97 Å². The molecule has 0 aromatic carbocycles. The number of unbranched alkanes of at least 4 members (excludes halogenated alkanes) is 2. The molecule has 3 unspecified atom stereocenters. The molecule has 126 valence electrons. The lowest BCUT2D eigenvalue weighted by Crippen LogP contribution is -2.39. The molecule has 0 heterocycles. The number of carbonyl (C=O) groups is 1. The first-order valence-electron chi connectivity index (χ1n) is 8.75. The summed E-state index contributed by atoms with van der Waals surface area (Å²) in [7, 11) is 0. The number of nitrogens with two attached hydrogens (primary N) is 1. The van der Waals surface area contributed by atoms with E-state index in [2.05, 4.69) is 34.6 Å². The van der Waals surface area contributed by atoms with E-state index in [9.17, 15) is 4.79 Å². The van der Waals surface area contributed by atoms with Gasteiger partial charge in [-0.25, -0.2) is 0 Å². The van der Waals surface area contributed by atoms with E-state index in [-0.39, 0.29) is 11.3 Å². The van der Waals surface area contributed by atoms with E-state index in [4.69, 9.17) is 10.8 Å². The Morgan fingerprint density at radius 3 is 2.24 bits per heavy atom. The largest absolute Gasteiger partial charge is 0.481 e. The Morgan fingerprint density at radius 1 is 1.29 bits per heavy atom. The maximum atomic E-state index is 11.0. The minimum atomic E-state index is -0.600. The highest BCUT2D eigenvalue weighted by Crippen LogP contribution is 2.49. The molecule has 1 fully saturated rings. The molecule has 1 aliphatic rings. The first-order chi connectivity index (χ1) is 9.82. The van der Waals surface area contributed by atoms with Crippen LogP contribution in [0.1, 0.15) is 79.6 Å². The van der Waals surface area contributed by atoms with Gasteiger partial charge in [-0.15, -0.1) is 0 Å². The first-order valence-corrected chi connectivity index (χ1v) is 8.75. The van der Waals surface area contributed by atoms with Gasteiger partial charge in [-0.1, -0.05) is 53.9 Å². The second-order valence-electron chi connectivity index (χ2n) is 7.17. The van der Waals surface area contributed by atoms with E-state index < -0.39 is 5.97 Å². The summed E-state index contributed by atoms with van der Waals surface area (Å²) in [6.45, 7) is 12.0. The molecule has 1 aliphatic carbocycles. The number of aliphatic carboxylic acids is 1. The van der Waals surface area contributed by atoms with E-state index in [1.807, 2.05) is 0 Å². The van der Waals surface area contributed by atoms with Crippen molar-refractivity contribution < 1.29 is 9.90 Å². The summed E-state index contributed by atoms with van der Waals surface area (Å²) in [6, 6.07) is 0. The zero-order chi connectivity index (χ0) is 16.5. The molecule has 0 spiro atoms. The van der Waals surface area contributed by atoms with Crippen LogP contribution in [-0.2, 0) is 4.79 Å². The maximum absolute atomic E-state index is 11.0. The van der Waals surface area contributed by atoms with Gasteiger partial charge in [0.15, 0.2) is 0 Å². The third-order valence-corrected chi connectivity index (χ3v) is 5.20. The Balaban J connectivity index is 0.000000567. The van der Waals surface area contributed by atoms with Gasteiger partial charge in [0.25, 0.3) is 0 Å². The Morgan fingerprint density at radius 2 is 1.90 bits per heavy atom. The molecule has 21 heavy (non-hydrogen) atoms. The molecule has 0 bridgehead atoms. The van der Waals surface area contributed by atoms with Gasteiger partial charge in [-0.3, -0.25) is 4.79 Å². The number of hydrogen-bond donors (Lipinski definition) is 2. The van der Waals surface area contributed by atoms with E-state index in [0.29, 0.717) is 11.8 Å². The third-order valence-electron chi connectivity index (χ3n) is 5.20. The third kappa shape index (κ3) is 6.82. The summed E-state index contributed by atoms with van der Waals surface area (Å²) in [5, 5.41) is 9.09. The van der Waals surface area contributed by atoms with Gasteiger partial charge in [-0.2, -0.15) is 0 Å². The molecule has 3 nitrogen and oxygen atoms in total. The lowest BCUT2D eigenvalue weighted by molar-refractivity contribution is -0.145. The molecule has 1 saturated carbocycles. The molecule has 1 rings (SSSR count). The van der Waals surface area contributed by atoms with Crippen LogP contribution in [-0.4, -0.2) is 17.6 Å². The average molecular weight is 299 g/mol. The highest BCUT2D eigenvalue weighted by atomic mass is 16.4. The van der Waals surface area contributed by atoms with Crippen LogP contribution < -0.4 is 5.73 Å². The Hall–Kier alpha value is -0.570. The summed E-state index contributed by atoms with van der Waals surface area (Å²) >= 11 is 0. The van der Waals surface area contributed by atoms with Crippen LogP contribution in [0.25, 0.3) is 0 Å². The van der Waals surface area contributed by atoms with Crippen molar-refractivity contribution in [3.63, 3.8) is 0 Å². The zero-order valence-corrected chi connectivity index (χ0v) is 14.8. The highest BCUT2D eigenvalue weighted by molar-refractivity contribution is 5.70. The Bertz CT molecular complexity index is 287. The van der Waals surface area contributed by atoms with Gasteiger partial charge in [0, 0.05) is 0 Å². The van der Waals surface area contributed by atoms with Gasteiger partial charge in [-0.05, 0) is 49.5 Å². The molecule has 0 saturated heterocycles. The fraction of sp³-hybridized carbons (Fsp3) is 0.944. The van der Waals surface area contributed by atoms with Crippen molar-refractivity contribution in [3.8, 4) is 0 Å². The van der Waals surface area contributed by atoms with Crippen LogP contribution >= 0.6 is 0 Å². The number of rotatable bonds is 6. The number of hydrogen-bond acceptors (Lipinski definition) is 2. The SMILES string of the molecule is CCC1(C)CC(C(=O)O)CCC1C(C)C.CCCCCN. The maximum Gasteiger partial charge on any atom is 0.306 e. The highest BCUT2D eigenvalue weighted by Gasteiger charge is 2.42. The lowest BCUT2D eigenvalue weighted by Gasteiger charge is -2.45. The summed E-state index contributed by atoms with van der Waals surface area (Å²) in [6.07, 6.45) is 7.66. The van der Waals surface area contributed by atoms with Crippen molar-refractivity contribution in [2.75, 3.05) is 6.54 Å². The fourth-order valence-corrected chi connectivity index (χ4v) is 3.70. The first kappa shape index (κ1) is 20.4. The second kappa shape index (κ2) is 10.2. The molecule has 0 aromatic heterocycles. The predicted molar refractivity (Wildman–Crippen MR) is 90.3 cm³/mol. The quantitative estimate of drug-likeness (QED) is 0.699. The Kier molecular flexibility index (Phi) is 9.93. The molecule has 3 N–H and O–H groups in total. The molecule has 0 amide bonds. The summed E-state index contributed by atoms with van der Waals surface area (Å²) in [4.78, 5) is 11.0. The van der Waals surface area contributed by atoms with Gasteiger partial charge < -0.3 is 10.8 Å². The predicted octanol–water partition coefficient (Wildman–Crippen LogP) is 4.69. The van der Waals surface area contributed by atoms with E-state index in [0.717, 1.165) is 32.2 Å². The van der Waals surface area contributed by atoms with Crippen molar-refractivity contribution in [3.05, 3.63) is 0 Å². The van der Waals surface area contributed by atoms with Crippen LogP contribution in [0.4, 0.5) is 0 Å². The molecule has 3 atom stereocenters. The van der Waals surface area contributed by atoms with Gasteiger partial charge in [0.1, 0.15) is 0 Å². The van der Waals surface area contributed by atoms with Crippen LogP contribution in [0.2, 0.25) is 0 Å². The van der Waals surface area contributed by atoms with E-state index >= 15 is 0 Å². The minimum Gasteiger partial charge on any atom is -0.481 e. The Labute approximate surface area is 131 Å². The van der Waals surface area contributed by atoms with Crippen molar-refractivity contribution in [2.45, 2.75) is 79.6 Å². The standard InChI is InChI=1S/C13H24O2.C5H13N/c1-5-13(4)8-10(12(14)15)6-7-11(13)9(2)3;1-2-3-4-5-6/h9-11H,5-8H2,1-4H3,(H,14,15);2-6H2,1H3. The van der Waals surface area contributed by atoms with Crippen molar-refractivity contribution in [1.29, 1.82) is 0 Å². The normalized spacial score (nSPS) is 28.9. The summed E-state index contributed by atoms with van der Waals surface area (Å²) < 4.78 is 0.